The number of halogens is 3. The highest BCUT2D eigenvalue weighted by Gasteiger charge is 2.26. The summed E-state index contributed by atoms with van der Waals surface area (Å²) in [5, 5.41) is 4.04. The van der Waals surface area contributed by atoms with E-state index in [-0.39, 0.29) is 25.5 Å². The Hall–Kier alpha value is -2.29. The summed E-state index contributed by atoms with van der Waals surface area (Å²) in [4.78, 5) is 11.6. The Balaban J connectivity index is 1.93. The van der Waals surface area contributed by atoms with Gasteiger partial charge in [0.05, 0.1) is 19.8 Å². The van der Waals surface area contributed by atoms with Crippen LogP contribution < -0.4 is 10.5 Å². The van der Waals surface area contributed by atoms with E-state index in [1.54, 1.807) is 24.3 Å². The highest BCUT2D eigenvalue weighted by Crippen LogP contribution is 2.23. The number of nitrogens with zero attached hydrogens (tertiary/aromatic N) is 2. The summed E-state index contributed by atoms with van der Waals surface area (Å²) in [6, 6.07) is 6.39. The molecule has 0 atom stereocenters. The van der Waals surface area contributed by atoms with Crippen LogP contribution in [0.15, 0.2) is 33.5 Å². The minimum absolute atomic E-state index is 0.0282. The molecule has 132 valence electrons. The molecule has 0 radical (unpaired) electrons. The number of alkyl halides is 3. The standard InChI is InChI=1S/C15H17F3N2O4/c1-22-10-8-20-14(21)24-13(19-20)11-3-5-12(6-4-11)23-9-2-7-15(16,17)18/h3-6H,2,7-10H2,1H3. The lowest BCUT2D eigenvalue weighted by atomic mass is 10.2. The molecule has 0 amide bonds. The van der Waals surface area contributed by atoms with Crippen LogP contribution in [0.25, 0.3) is 11.5 Å². The van der Waals surface area contributed by atoms with Crippen LogP contribution in [0.1, 0.15) is 12.8 Å². The van der Waals surface area contributed by atoms with E-state index >= 15 is 0 Å². The molecular weight excluding hydrogens is 329 g/mol. The van der Waals surface area contributed by atoms with Crippen LogP contribution in [0, 0.1) is 0 Å². The Labute approximate surface area is 135 Å². The molecule has 0 bridgehead atoms. The maximum absolute atomic E-state index is 12.0. The van der Waals surface area contributed by atoms with Crippen LogP contribution in [0.3, 0.4) is 0 Å². The van der Waals surface area contributed by atoms with Crippen molar-refractivity contribution in [2.45, 2.75) is 25.6 Å². The zero-order valence-corrected chi connectivity index (χ0v) is 13.0. The van der Waals surface area contributed by atoms with Gasteiger partial charge in [0, 0.05) is 19.1 Å². The third-order valence-corrected chi connectivity index (χ3v) is 3.09. The molecule has 2 aromatic rings. The van der Waals surface area contributed by atoms with E-state index in [0.29, 0.717) is 17.9 Å². The smallest absolute Gasteiger partial charge is 0.437 e. The predicted molar refractivity (Wildman–Crippen MR) is 78.9 cm³/mol. The quantitative estimate of drug-likeness (QED) is 0.688. The van der Waals surface area contributed by atoms with E-state index in [9.17, 15) is 18.0 Å². The minimum atomic E-state index is -4.17. The highest BCUT2D eigenvalue weighted by molar-refractivity contribution is 5.53. The molecule has 0 aliphatic heterocycles. The molecule has 0 saturated heterocycles. The van der Waals surface area contributed by atoms with Gasteiger partial charge >= 0.3 is 11.9 Å². The van der Waals surface area contributed by atoms with E-state index in [1.807, 2.05) is 0 Å². The number of hydrogen-bond acceptors (Lipinski definition) is 5. The van der Waals surface area contributed by atoms with Crippen molar-refractivity contribution in [3.05, 3.63) is 34.8 Å². The molecule has 0 aliphatic carbocycles. The number of ether oxygens (including phenoxy) is 2. The molecule has 0 unspecified atom stereocenters. The Morgan fingerprint density at radius 1 is 1.21 bits per heavy atom. The first kappa shape index (κ1) is 18.1. The van der Waals surface area contributed by atoms with Crippen molar-refractivity contribution in [3.63, 3.8) is 0 Å². The van der Waals surface area contributed by atoms with Gasteiger partial charge in [-0.3, -0.25) is 0 Å². The number of methoxy groups -OCH3 is 1. The van der Waals surface area contributed by atoms with Gasteiger partial charge in [-0.1, -0.05) is 0 Å². The first-order chi connectivity index (χ1) is 11.4. The first-order valence-corrected chi connectivity index (χ1v) is 7.26. The number of rotatable bonds is 8. The zero-order valence-electron chi connectivity index (χ0n) is 13.0. The van der Waals surface area contributed by atoms with Crippen LogP contribution in [0.5, 0.6) is 5.75 Å². The molecular formula is C15H17F3N2O4. The van der Waals surface area contributed by atoms with Crippen LogP contribution in [0.2, 0.25) is 0 Å². The second-order valence-corrected chi connectivity index (χ2v) is 4.98. The predicted octanol–water partition coefficient (Wildman–Crippen LogP) is 2.87. The number of aromatic nitrogens is 2. The largest absolute Gasteiger partial charge is 0.494 e. The SMILES string of the molecule is COCCn1nc(-c2ccc(OCCCC(F)(F)F)cc2)oc1=O. The maximum atomic E-state index is 12.0. The second kappa shape index (κ2) is 8.00. The van der Waals surface area contributed by atoms with Crippen LogP contribution in [0.4, 0.5) is 13.2 Å². The van der Waals surface area contributed by atoms with E-state index < -0.39 is 18.4 Å². The maximum Gasteiger partial charge on any atom is 0.437 e. The van der Waals surface area contributed by atoms with Crippen molar-refractivity contribution < 1.29 is 27.1 Å². The van der Waals surface area contributed by atoms with Gasteiger partial charge in [-0.2, -0.15) is 17.9 Å². The van der Waals surface area contributed by atoms with E-state index in [1.165, 1.54) is 7.11 Å². The topological polar surface area (TPSA) is 66.5 Å². The molecule has 0 N–H and O–H groups in total. The summed E-state index contributed by atoms with van der Waals surface area (Å²) in [7, 11) is 1.51. The molecule has 9 heteroatoms. The average molecular weight is 346 g/mol. The summed E-state index contributed by atoms with van der Waals surface area (Å²) in [6.45, 7) is 0.579. The molecule has 6 nitrogen and oxygen atoms in total. The van der Waals surface area contributed by atoms with Crippen molar-refractivity contribution in [1.29, 1.82) is 0 Å². The molecule has 0 fully saturated rings. The lowest BCUT2D eigenvalue weighted by molar-refractivity contribution is -0.136. The lowest BCUT2D eigenvalue weighted by Gasteiger charge is -2.08. The van der Waals surface area contributed by atoms with Crippen LogP contribution >= 0.6 is 0 Å². The van der Waals surface area contributed by atoms with Crippen LogP contribution in [-0.4, -0.2) is 36.3 Å². The Kier molecular flexibility index (Phi) is 6.02. The summed E-state index contributed by atoms with van der Waals surface area (Å²) in [6.07, 6.45) is -5.16. The zero-order chi connectivity index (χ0) is 17.6. The van der Waals surface area contributed by atoms with Gasteiger partial charge in [0.2, 0.25) is 5.89 Å². The summed E-state index contributed by atoms with van der Waals surface area (Å²) in [5.41, 5.74) is 0.561. The third kappa shape index (κ3) is 5.41. The molecule has 24 heavy (non-hydrogen) atoms. The van der Waals surface area contributed by atoms with Crippen molar-refractivity contribution in [3.8, 4) is 17.2 Å². The second-order valence-electron chi connectivity index (χ2n) is 4.98. The van der Waals surface area contributed by atoms with Gasteiger partial charge in [-0.25, -0.2) is 4.79 Å². The van der Waals surface area contributed by atoms with E-state index in [2.05, 4.69) is 5.10 Å². The van der Waals surface area contributed by atoms with Gasteiger partial charge in [-0.15, -0.1) is 5.10 Å². The van der Waals surface area contributed by atoms with E-state index in [4.69, 9.17) is 13.9 Å². The van der Waals surface area contributed by atoms with Gasteiger partial charge in [-0.05, 0) is 30.7 Å². The Bertz CT molecular complexity index is 692. The van der Waals surface area contributed by atoms with Crippen molar-refractivity contribution in [1.82, 2.24) is 9.78 Å². The Morgan fingerprint density at radius 2 is 1.92 bits per heavy atom. The molecule has 2 rings (SSSR count). The first-order valence-electron chi connectivity index (χ1n) is 7.26. The Morgan fingerprint density at radius 3 is 2.54 bits per heavy atom. The average Bonchev–Trinajstić information content (AvgIpc) is 2.90. The number of benzene rings is 1. The molecule has 1 aromatic heterocycles. The summed E-state index contributed by atoms with van der Waals surface area (Å²) >= 11 is 0. The molecule has 1 aromatic carbocycles. The van der Waals surface area contributed by atoms with E-state index in [0.717, 1.165) is 4.68 Å². The molecule has 1 heterocycles. The van der Waals surface area contributed by atoms with Gasteiger partial charge in [0.15, 0.2) is 0 Å². The van der Waals surface area contributed by atoms with Crippen molar-refractivity contribution in [2.24, 2.45) is 0 Å². The molecule has 0 saturated carbocycles. The fraction of sp³-hybridized carbons (Fsp3) is 0.467. The van der Waals surface area contributed by atoms with Gasteiger partial charge in [0.1, 0.15) is 5.75 Å². The normalized spacial score (nSPS) is 11.7. The summed E-state index contributed by atoms with van der Waals surface area (Å²) in [5.74, 6) is -0.00339. The van der Waals surface area contributed by atoms with Crippen LogP contribution in [-0.2, 0) is 11.3 Å². The van der Waals surface area contributed by atoms with Crippen molar-refractivity contribution >= 4 is 0 Å². The monoisotopic (exact) mass is 346 g/mol. The summed E-state index contributed by atoms with van der Waals surface area (Å²) < 4.78 is 52.4. The third-order valence-electron chi connectivity index (χ3n) is 3.09. The molecule has 0 spiro atoms. The fourth-order valence-corrected chi connectivity index (χ4v) is 1.90. The highest BCUT2D eigenvalue weighted by atomic mass is 19.4. The fourth-order valence-electron chi connectivity index (χ4n) is 1.90. The minimum Gasteiger partial charge on any atom is -0.494 e. The van der Waals surface area contributed by atoms with Gasteiger partial charge in [0.25, 0.3) is 0 Å². The molecule has 0 aliphatic rings. The van der Waals surface area contributed by atoms with Gasteiger partial charge < -0.3 is 13.9 Å². The lowest BCUT2D eigenvalue weighted by Crippen LogP contribution is -2.18. The van der Waals surface area contributed by atoms with Crippen molar-refractivity contribution in [2.75, 3.05) is 20.3 Å². The number of hydrogen-bond donors (Lipinski definition) is 0.